The van der Waals surface area contributed by atoms with Gasteiger partial charge >= 0.3 is 11.9 Å². The Kier molecular flexibility index (Phi) is 3.41. The summed E-state index contributed by atoms with van der Waals surface area (Å²) in [6.07, 6.45) is 0.972. The van der Waals surface area contributed by atoms with Gasteiger partial charge in [-0.3, -0.25) is 4.98 Å². The summed E-state index contributed by atoms with van der Waals surface area (Å²) in [5, 5.41) is 8.29. The third kappa shape index (κ3) is 2.65. The van der Waals surface area contributed by atoms with Crippen molar-refractivity contribution in [3.05, 3.63) is 24.0 Å². The Labute approximate surface area is 90.9 Å². The van der Waals surface area contributed by atoms with Gasteiger partial charge in [0.05, 0.1) is 12.3 Å². The highest BCUT2D eigenvalue weighted by molar-refractivity contribution is 5.76. The van der Waals surface area contributed by atoms with E-state index in [1.165, 1.54) is 6.07 Å². The normalized spacial score (nSPS) is 11.6. The summed E-state index contributed by atoms with van der Waals surface area (Å²) in [4.78, 5) is 13.6. The number of nitrogens with zero attached hydrogens (tertiary/aromatic N) is 1. The number of carbonyl (C=O) groups is 1. The van der Waals surface area contributed by atoms with Crippen LogP contribution >= 0.6 is 0 Å². The third-order valence-corrected chi connectivity index (χ3v) is 1.70. The number of hydrogen-bond acceptors (Lipinski definition) is 3. The molecule has 1 aromatic heterocycles. The molecule has 1 heterocycles. The van der Waals surface area contributed by atoms with Crippen molar-refractivity contribution in [3.63, 3.8) is 0 Å². The first-order valence-corrected chi connectivity index (χ1v) is 4.58. The minimum absolute atomic E-state index is 0.104. The van der Waals surface area contributed by atoms with Gasteiger partial charge in [-0.1, -0.05) is 0 Å². The lowest BCUT2D eigenvalue weighted by Gasteiger charge is -2.12. The van der Waals surface area contributed by atoms with Crippen LogP contribution in [0, 0.1) is 0 Å². The van der Waals surface area contributed by atoms with E-state index in [1.54, 1.807) is 13.8 Å². The Morgan fingerprint density at radius 2 is 2.12 bits per heavy atom. The molecule has 0 aromatic carbocycles. The lowest BCUT2D eigenvalue weighted by Crippen LogP contribution is -2.26. The van der Waals surface area contributed by atoms with Gasteiger partial charge in [-0.05, 0) is 26.0 Å². The minimum Gasteiger partial charge on any atom is -0.489 e. The number of aliphatic carboxylic acids is 1. The van der Waals surface area contributed by atoms with Crippen LogP contribution in [0.1, 0.15) is 19.5 Å². The maximum Gasteiger partial charge on any atom is 0.384 e. The Morgan fingerprint density at radius 1 is 1.50 bits per heavy atom. The fourth-order valence-electron chi connectivity index (χ4n) is 1.02. The largest absolute Gasteiger partial charge is 0.489 e. The molecular formula is C10H11F2NO3. The second kappa shape index (κ2) is 4.42. The first kappa shape index (κ1) is 12.4. The number of pyridine rings is 1. The van der Waals surface area contributed by atoms with E-state index in [2.05, 4.69) is 4.98 Å². The molecule has 1 rings (SSSR count). The molecule has 0 spiro atoms. The number of rotatable bonds is 4. The van der Waals surface area contributed by atoms with Crippen molar-refractivity contribution in [2.45, 2.75) is 25.9 Å². The highest BCUT2D eigenvalue weighted by atomic mass is 19.3. The fraction of sp³-hybridized carbons (Fsp3) is 0.400. The third-order valence-electron chi connectivity index (χ3n) is 1.70. The number of aromatic nitrogens is 1. The summed E-state index contributed by atoms with van der Waals surface area (Å²) in [5.41, 5.74) is -0.809. The molecule has 1 N–H and O–H groups in total. The van der Waals surface area contributed by atoms with Crippen LogP contribution in [0.4, 0.5) is 8.78 Å². The minimum atomic E-state index is -3.98. The molecule has 0 saturated heterocycles. The van der Waals surface area contributed by atoms with Crippen molar-refractivity contribution in [3.8, 4) is 5.75 Å². The van der Waals surface area contributed by atoms with Crippen LogP contribution in [-0.2, 0) is 10.7 Å². The van der Waals surface area contributed by atoms with Crippen LogP contribution in [0.25, 0.3) is 0 Å². The summed E-state index contributed by atoms with van der Waals surface area (Å²) in [7, 11) is 0. The molecule has 0 aliphatic heterocycles. The molecule has 6 heteroatoms. The number of carboxylic acid groups (broad SMARTS) is 1. The van der Waals surface area contributed by atoms with E-state index in [4.69, 9.17) is 9.84 Å². The van der Waals surface area contributed by atoms with Gasteiger partial charge in [0.15, 0.2) is 0 Å². The van der Waals surface area contributed by atoms with Gasteiger partial charge in [-0.15, -0.1) is 0 Å². The zero-order chi connectivity index (χ0) is 12.3. The van der Waals surface area contributed by atoms with E-state index in [1.807, 2.05) is 0 Å². The molecule has 0 aliphatic rings. The molecule has 0 aliphatic carbocycles. The molecule has 4 nitrogen and oxygen atoms in total. The summed E-state index contributed by atoms with van der Waals surface area (Å²) < 4.78 is 31.1. The van der Waals surface area contributed by atoms with Gasteiger partial charge in [0.1, 0.15) is 11.4 Å². The second-order valence-corrected chi connectivity index (χ2v) is 3.43. The summed E-state index contributed by atoms with van der Waals surface area (Å²) in [6, 6.07) is 2.20. The molecule has 0 unspecified atom stereocenters. The van der Waals surface area contributed by atoms with Crippen molar-refractivity contribution in [2.75, 3.05) is 0 Å². The lowest BCUT2D eigenvalue weighted by atomic mass is 10.2. The van der Waals surface area contributed by atoms with E-state index in [0.29, 0.717) is 5.75 Å². The standard InChI is InChI=1S/C10H11F2NO3/c1-6(2)16-7-3-4-8(13-5-7)10(11,12)9(14)15/h3-6H,1-2H3,(H,14,15). The van der Waals surface area contributed by atoms with Crippen LogP contribution in [0.2, 0.25) is 0 Å². The predicted octanol–water partition coefficient (Wildman–Crippen LogP) is 2.05. The van der Waals surface area contributed by atoms with Crippen LogP contribution < -0.4 is 4.74 Å². The van der Waals surface area contributed by atoms with Crippen LogP contribution in [0.5, 0.6) is 5.75 Å². The molecule has 88 valence electrons. The van der Waals surface area contributed by atoms with Crippen molar-refractivity contribution >= 4 is 5.97 Å². The smallest absolute Gasteiger partial charge is 0.384 e. The zero-order valence-electron chi connectivity index (χ0n) is 8.78. The maximum absolute atomic E-state index is 13.0. The first-order valence-electron chi connectivity index (χ1n) is 4.58. The van der Waals surface area contributed by atoms with E-state index in [9.17, 15) is 13.6 Å². The average molecular weight is 231 g/mol. The van der Waals surface area contributed by atoms with Gasteiger partial charge in [0, 0.05) is 0 Å². The number of halogens is 2. The van der Waals surface area contributed by atoms with Crippen molar-refractivity contribution < 1.29 is 23.4 Å². The predicted molar refractivity (Wildman–Crippen MR) is 51.5 cm³/mol. The van der Waals surface area contributed by atoms with E-state index in [0.717, 1.165) is 12.3 Å². The van der Waals surface area contributed by atoms with Crippen molar-refractivity contribution in [1.82, 2.24) is 4.98 Å². The number of carboxylic acids is 1. The van der Waals surface area contributed by atoms with E-state index >= 15 is 0 Å². The second-order valence-electron chi connectivity index (χ2n) is 3.43. The number of hydrogen-bond donors (Lipinski definition) is 1. The highest BCUT2D eigenvalue weighted by Gasteiger charge is 2.42. The van der Waals surface area contributed by atoms with Gasteiger partial charge in [0.2, 0.25) is 0 Å². The van der Waals surface area contributed by atoms with Crippen molar-refractivity contribution in [1.29, 1.82) is 0 Å². The Hall–Kier alpha value is -1.72. The molecule has 0 amide bonds. The maximum atomic E-state index is 13.0. The zero-order valence-corrected chi connectivity index (χ0v) is 8.78. The topological polar surface area (TPSA) is 59.4 Å². The van der Waals surface area contributed by atoms with E-state index in [-0.39, 0.29) is 6.10 Å². The molecule has 0 bridgehead atoms. The molecule has 0 radical (unpaired) electrons. The summed E-state index contributed by atoms with van der Waals surface area (Å²) in [6.45, 7) is 3.56. The molecule has 0 fully saturated rings. The Bertz CT molecular complexity index is 376. The quantitative estimate of drug-likeness (QED) is 0.861. The van der Waals surface area contributed by atoms with Crippen molar-refractivity contribution in [2.24, 2.45) is 0 Å². The highest BCUT2D eigenvalue weighted by Crippen LogP contribution is 2.27. The lowest BCUT2D eigenvalue weighted by molar-refractivity contribution is -0.166. The SMILES string of the molecule is CC(C)Oc1ccc(C(F)(F)C(=O)O)nc1. The monoisotopic (exact) mass is 231 g/mol. The Morgan fingerprint density at radius 3 is 2.50 bits per heavy atom. The van der Waals surface area contributed by atoms with E-state index < -0.39 is 17.6 Å². The summed E-state index contributed by atoms with van der Waals surface area (Å²) >= 11 is 0. The van der Waals surface area contributed by atoms with Crippen LogP contribution in [0.15, 0.2) is 18.3 Å². The molecule has 16 heavy (non-hydrogen) atoms. The van der Waals surface area contributed by atoms with Gasteiger partial charge in [-0.2, -0.15) is 8.78 Å². The van der Waals surface area contributed by atoms with Crippen LogP contribution in [0.3, 0.4) is 0 Å². The van der Waals surface area contributed by atoms with Crippen LogP contribution in [-0.4, -0.2) is 22.2 Å². The summed E-state index contributed by atoms with van der Waals surface area (Å²) in [5.74, 6) is -5.88. The molecule has 0 saturated carbocycles. The van der Waals surface area contributed by atoms with Gasteiger partial charge in [0.25, 0.3) is 0 Å². The Balaban J connectivity index is 2.91. The number of ether oxygens (including phenoxy) is 1. The molecule has 0 atom stereocenters. The fourth-order valence-corrected chi connectivity index (χ4v) is 1.02. The first-order chi connectivity index (χ1) is 7.34. The molecule has 1 aromatic rings. The van der Waals surface area contributed by atoms with Gasteiger partial charge in [-0.25, -0.2) is 4.79 Å². The number of alkyl halides is 2. The van der Waals surface area contributed by atoms with Gasteiger partial charge < -0.3 is 9.84 Å². The average Bonchev–Trinajstić information content (AvgIpc) is 2.17. The molecular weight excluding hydrogens is 220 g/mol.